The third kappa shape index (κ3) is 5.21. The molecule has 180 valence electrons. The van der Waals surface area contributed by atoms with E-state index in [2.05, 4.69) is 25.2 Å². The van der Waals surface area contributed by atoms with Gasteiger partial charge >= 0.3 is 0 Å². The molecule has 0 atom stereocenters. The van der Waals surface area contributed by atoms with Gasteiger partial charge < -0.3 is 10.1 Å². The van der Waals surface area contributed by atoms with Crippen LogP contribution in [0.1, 0.15) is 36.1 Å². The minimum absolute atomic E-state index is 0.118. The first-order valence-electron chi connectivity index (χ1n) is 11.4. The maximum Gasteiger partial charge on any atom is 0.234 e. The van der Waals surface area contributed by atoms with E-state index in [4.69, 9.17) is 16.3 Å². The highest BCUT2D eigenvalue weighted by Gasteiger charge is 2.30. The smallest absolute Gasteiger partial charge is 0.234 e. The predicted octanol–water partition coefficient (Wildman–Crippen LogP) is 5.38. The molecule has 2 aromatic heterocycles. The van der Waals surface area contributed by atoms with Crippen LogP contribution in [0.3, 0.4) is 0 Å². The van der Waals surface area contributed by atoms with Crippen LogP contribution in [0.5, 0.6) is 5.75 Å². The SMILES string of the molecule is Cc1nn(-c2ccccc2)c(C)c1NC(=O)CSc1nnc(COc2ccccc2Cl)n1C1CC1. The Balaban J connectivity index is 1.24. The number of nitrogens with one attached hydrogen (secondary N) is 1. The van der Waals surface area contributed by atoms with Crippen molar-refractivity contribution in [3.05, 3.63) is 76.8 Å². The molecule has 0 aliphatic heterocycles. The van der Waals surface area contributed by atoms with E-state index in [-0.39, 0.29) is 18.3 Å². The number of carbonyl (C=O) groups is 1. The van der Waals surface area contributed by atoms with Crippen molar-refractivity contribution in [1.82, 2.24) is 24.5 Å². The van der Waals surface area contributed by atoms with Gasteiger partial charge in [0, 0.05) is 6.04 Å². The molecule has 1 fully saturated rings. The Labute approximate surface area is 212 Å². The first kappa shape index (κ1) is 23.4. The van der Waals surface area contributed by atoms with E-state index in [1.165, 1.54) is 11.8 Å². The van der Waals surface area contributed by atoms with Crippen LogP contribution in [0.25, 0.3) is 5.69 Å². The highest BCUT2D eigenvalue weighted by Crippen LogP contribution is 2.39. The topological polar surface area (TPSA) is 86.9 Å². The second kappa shape index (κ2) is 10.1. The molecule has 4 aromatic rings. The van der Waals surface area contributed by atoms with Crippen LogP contribution in [-0.4, -0.2) is 36.2 Å². The van der Waals surface area contributed by atoms with Gasteiger partial charge in [-0.2, -0.15) is 5.10 Å². The molecule has 0 saturated heterocycles. The van der Waals surface area contributed by atoms with Gasteiger partial charge in [-0.1, -0.05) is 53.7 Å². The summed E-state index contributed by atoms with van der Waals surface area (Å²) in [5, 5.41) is 17.6. The van der Waals surface area contributed by atoms with Crippen LogP contribution < -0.4 is 10.1 Å². The fourth-order valence-corrected chi connectivity index (χ4v) is 4.87. The van der Waals surface area contributed by atoms with Gasteiger partial charge in [-0.15, -0.1) is 10.2 Å². The average molecular weight is 509 g/mol. The molecule has 1 amide bonds. The van der Waals surface area contributed by atoms with Crippen LogP contribution in [0.4, 0.5) is 5.69 Å². The third-order valence-electron chi connectivity index (χ3n) is 5.73. The molecule has 2 heterocycles. The van der Waals surface area contributed by atoms with Gasteiger partial charge in [0.15, 0.2) is 11.0 Å². The van der Waals surface area contributed by atoms with Gasteiger partial charge in [0.25, 0.3) is 0 Å². The van der Waals surface area contributed by atoms with E-state index in [1.807, 2.05) is 67.1 Å². The number of ether oxygens (including phenoxy) is 1. The number of para-hydroxylation sites is 2. The van der Waals surface area contributed by atoms with E-state index in [0.29, 0.717) is 22.0 Å². The lowest BCUT2D eigenvalue weighted by Crippen LogP contribution is -2.16. The molecule has 1 aliphatic rings. The highest BCUT2D eigenvalue weighted by atomic mass is 35.5. The lowest BCUT2D eigenvalue weighted by atomic mass is 10.3. The summed E-state index contributed by atoms with van der Waals surface area (Å²) in [5.41, 5.74) is 3.33. The molecule has 1 aliphatic carbocycles. The lowest BCUT2D eigenvalue weighted by Gasteiger charge is -2.11. The van der Waals surface area contributed by atoms with Gasteiger partial charge in [-0.3, -0.25) is 9.36 Å². The van der Waals surface area contributed by atoms with Crippen molar-refractivity contribution in [1.29, 1.82) is 0 Å². The molecule has 0 spiro atoms. The summed E-state index contributed by atoms with van der Waals surface area (Å²) in [6, 6.07) is 17.5. The molecular weight excluding hydrogens is 484 g/mol. The van der Waals surface area contributed by atoms with Gasteiger partial charge in [-0.05, 0) is 51.0 Å². The summed E-state index contributed by atoms with van der Waals surface area (Å²) in [6.07, 6.45) is 2.13. The van der Waals surface area contributed by atoms with E-state index in [9.17, 15) is 4.79 Å². The zero-order valence-corrected chi connectivity index (χ0v) is 21.0. The molecule has 0 unspecified atom stereocenters. The van der Waals surface area contributed by atoms with Crippen molar-refractivity contribution in [2.24, 2.45) is 0 Å². The van der Waals surface area contributed by atoms with Crippen molar-refractivity contribution in [3.8, 4) is 11.4 Å². The normalized spacial score (nSPS) is 13.1. The molecule has 8 nitrogen and oxygen atoms in total. The minimum atomic E-state index is -0.118. The fourth-order valence-electron chi connectivity index (χ4n) is 3.86. The molecular formula is C25H25ClN6O2S. The van der Waals surface area contributed by atoms with Crippen LogP contribution in [-0.2, 0) is 11.4 Å². The van der Waals surface area contributed by atoms with E-state index in [0.717, 1.165) is 41.4 Å². The Morgan fingerprint density at radius 2 is 1.86 bits per heavy atom. The number of anilines is 1. The molecule has 0 bridgehead atoms. The van der Waals surface area contributed by atoms with Gasteiger partial charge in [0.1, 0.15) is 12.4 Å². The average Bonchev–Trinajstić information content (AvgIpc) is 3.57. The number of carbonyl (C=O) groups excluding carboxylic acids is 1. The molecule has 35 heavy (non-hydrogen) atoms. The summed E-state index contributed by atoms with van der Waals surface area (Å²) in [7, 11) is 0. The second-order valence-corrected chi connectivity index (χ2v) is 9.70. The number of rotatable bonds is 9. The maximum atomic E-state index is 12.8. The molecule has 1 saturated carbocycles. The van der Waals surface area contributed by atoms with Crippen LogP contribution >= 0.6 is 23.4 Å². The van der Waals surface area contributed by atoms with Crippen molar-refractivity contribution in [2.45, 2.75) is 44.5 Å². The largest absolute Gasteiger partial charge is 0.484 e. The van der Waals surface area contributed by atoms with E-state index in [1.54, 1.807) is 6.07 Å². The Morgan fingerprint density at radius 1 is 1.11 bits per heavy atom. The van der Waals surface area contributed by atoms with Crippen molar-refractivity contribution in [2.75, 3.05) is 11.1 Å². The first-order valence-corrected chi connectivity index (χ1v) is 12.7. The van der Waals surface area contributed by atoms with Crippen molar-refractivity contribution in [3.63, 3.8) is 0 Å². The number of hydrogen-bond donors (Lipinski definition) is 1. The summed E-state index contributed by atoms with van der Waals surface area (Å²) in [5.74, 6) is 1.43. The second-order valence-electron chi connectivity index (χ2n) is 8.35. The predicted molar refractivity (Wildman–Crippen MR) is 136 cm³/mol. The number of thioether (sulfide) groups is 1. The van der Waals surface area contributed by atoms with Gasteiger partial charge in [0.05, 0.1) is 33.5 Å². The number of amides is 1. The Kier molecular flexibility index (Phi) is 6.79. The number of halogens is 1. The number of aryl methyl sites for hydroxylation is 1. The number of benzene rings is 2. The number of aromatic nitrogens is 5. The number of hydrogen-bond acceptors (Lipinski definition) is 6. The van der Waals surface area contributed by atoms with Crippen LogP contribution in [0.2, 0.25) is 5.02 Å². The van der Waals surface area contributed by atoms with E-state index >= 15 is 0 Å². The number of nitrogens with zero attached hydrogens (tertiary/aromatic N) is 5. The molecule has 1 N–H and O–H groups in total. The highest BCUT2D eigenvalue weighted by molar-refractivity contribution is 7.99. The summed E-state index contributed by atoms with van der Waals surface area (Å²) >= 11 is 7.57. The maximum absolute atomic E-state index is 12.8. The molecule has 10 heteroatoms. The van der Waals surface area contributed by atoms with Gasteiger partial charge in [-0.25, -0.2) is 4.68 Å². The summed E-state index contributed by atoms with van der Waals surface area (Å²) in [6.45, 7) is 4.10. The summed E-state index contributed by atoms with van der Waals surface area (Å²) in [4.78, 5) is 12.8. The Hall–Kier alpha value is -3.30. The molecule has 0 radical (unpaired) electrons. The Morgan fingerprint density at radius 3 is 2.60 bits per heavy atom. The molecule has 2 aromatic carbocycles. The third-order valence-corrected chi connectivity index (χ3v) is 6.98. The zero-order chi connectivity index (χ0) is 24.4. The van der Waals surface area contributed by atoms with Crippen LogP contribution in [0.15, 0.2) is 59.8 Å². The molecule has 5 rings (SSSR count). The Bertz CT molecular complexity index is 1350. The van der Waals surface area contributed by atoms with Crippen molar-refractivity contribution >= 4 is 35.0 Å². The monoisotopic (exact) mass is 508 g/mol. The fraction of sp³-hybridized carbons (Fsp3) is 0.280. The minimum Gasteiger partial charge on any atom is -0.484 e. The van der Waals surface area contributed by atoms with Crippen molar-refractivity contribution < 1.29 is 9.53 Å². The van der Waals surface area contributed by atoms with Gasteiger partial charge in [0.2, 0.25) is 5.91 Å². The van der Waals surface area contributed by atoms with Crippen LogP contribution in [0, 0.1) is 13.8 Å². The lowest BCUT2D eigenvalue weighted by molar-refractivity contribution is -0.113. The quantitative estimate of drug-likeness (QED) is 0.305. The first-order chi connectivity index (χ1) is 17.0. The standard InChI is InChI=1S/C25H25ClN6O2S/c1-16-24(17(2)32(30-16)19-8-4-3-5-9-19)27-23(33)15-35-25-29-28-22(31(25)18-12-13-18)14-34-21-11-7-6-10-20(21)26/h3-11,18H,12-15H2,1-2H3,(H,27,33). The summed E-state index contributed by atoms with van der Waals surface area (Å²) < 4.78 is 9.79. The zero-order valence-electron chi connectivity index (χ0n) is 19.4. The van der Waals surface area contributed by atoms with E-state index < -0.39 is 0 Å².